The van der Waals surface area contributed by atoms with Crippen LogP contribution in [0.25, 0.3) is 6.08 Å². The van der Waals surface area contributed by atoms with E-state index in [2.05, 4.69) is 4.98 Å². The standard InChI is InChI=1S/C14H15F2N3/c15-14(16)5-3-10(4-6-14)1-2-11-7-13(18)19-9-12(11)8-17/h1-2,7,9-10H,3-6H2,(H2,18,19). The number of anilines is 1. The molecule has 1 aromatic heterocycles. The second-order valence-corrected chi connectivity index (χ2v) is 4.86. The molecule has 0 saturated heterocycles. The molecule has 0 amide bonds. The topological polar surface area (TPSA) is 62.7 Å². The summed E-state index contributed by atoms with van der Waals surface area (Å²) in [5, 5.41) is 8.95. The summed E-state index contributed by atoms with van der Waals surface area (Å²) >= 11 is 0. The predicted octanol–water partition coefficient (Wildman–Crippen LogP) is 3.37. The maximum Gasteiger partial charge on any atom is 0.248 e. The van der Waals surface area contributed by atoms with E-state index in [0.29, 0.717) is 29.8 Å². The summed E-state index contributed by atoms with van der Waals surface area (Å²) in [4.78, 5) is 3.85. The van der Waals surface area contributed by atoms with Crippen LogP contribution in [-0.2, 0) is 0 Å². The first-order chi connectivity index (χ1) is 9.00. The third-order valence-electron chi connectivity index (χ3n) is 3.39. The van der Waals surface area contributed by atoms with Crippen molar-refractivity contribution in [3.63, 3.8) is 0 Å². The van der Waals surface area contributed by atoms with Crippen LogP contribution in [0.3, 0.4) is 0 Å². The Kier molecular flexibility index (Phi) is 3.79. The molecule has 3 nitrogen and oxygen atoms in total. The Morgan fingerprint density at radius 3 is 2.74 bits per heavy atom. The number of hydrogen-bond acceptors (Lipinski definition) is 3. The van der Waals surface area contributed by atoms with Gasteiger partial charge >= 0.3 is 0 Å². The lowest BCUT2D eigenvalue weighted by Crippen LogP contribution is -2.23. The minimum absolute atomic E-state index is 0.0639. The van der Waals surface area contributed by atoms with Gasteiger partial charge in [-0.05, 0) is 30.4 Å². The van der Waals surface area contributed by atoms with Crippen molar-refractivity contribution in [3.8, 4) is 6.07 Å². The number of pyridine rings is 1. The molecule has 100 valence electrons. The summed E-state index contributed by atoms with van der Waals surface area (Å²) < 4.78 is 26.0. The van der Waals surface area contributed by atoms with Crippen LogP contribution in [-0.4, -0.2) is 10.9 Å². The molecule has 2 N–H and O–H groups in total. The molecule has 0 unspecified atom stereocenters. The fourth-order valence-electron chi connectivity index (χ4n) is 2.21. The zero-order chi connectivity index (χ0) is 13.9. The molecule has 1 heterocycles. The van der Waals surface area contributed by atoms with Crippen molar-refractivity contribution in [2.24, 2.45) is 5.92 Å². The molecule has 0 aliphatic heterocycles. The summed E-state index contributed by atoms with van der Waals surface area (Å²) in [6, 6.07) is 3.65. The van der Waals surface area contributed by atoms with E-state index in [0.717, 1.165) is 0 Å². The van der Waals surface area contributed by atoms with Crippen LogP contribution in [0.4, 0.5) is 14.6 Å². The average Bonchev–Trinajstić information content (AvgIpc) is 2.38. The second kappa shape index (κ2) is 5.35. The fourth-order valence-corrected chi connectivity index (χ4v) is 2.21. The maximum absolute atomic E-state index is 13.0. The Labute approximate surface area is 110 Å². The summed E-state index contributed by atoms with van der Waals surface area (Å²) in [7, 11) is 0. The van der Waals surface area contributed by atoms with E-state index in [1.54, 1.807) is 12.1 Å². The molecule has 1 aliphatic carbocycles. The van der Waals surface area contributed by atoms with Gasteiger partial charge < -0.3 is 5.73 Å². The maximum atomic E-state index is 13.0. The van der Waals surface area contributed by atoms with Gasteiger partial charge in [0.2, 0.25) is 5.92 Å². The molecule has 1 aromatic rings. The van der Waals surface area contributed by atoms with Crippen LogP contribution in [0.5, 0.6) is 0 Å². The molecule has 0 spiro atoms. The summed E-state index contributed by atoms with van der Waals surface area (Å²) in [6.07, 6.45) is 5.93. The minimum Gasteiger partial charge on any atom is -0.384 e. The van der Waals surface area contributed by atoms with E-state index in [1.807, 2.05) is 12.1 Å². The number of nitrogens with zero attached hydrogens (tertiary/aromatic N) is 2. The third kappa shape index (κ3) is 3.50. The van der Waals surface area contributed by atoms with Gasteiger partial charge in [0.05, 0.1) is 5.56 Å². The van der Waals surface area contributed by atoms with Crippen LogP contribution >= 0.6 is 0 Å². The van der Waals surface area contributed by atoms with Crippen LogP contribution in [0.2, 0.25) is 0 Å². The Balaban J connectivity index is 2.08. The van der Waals surface area contributed by atoms with Gasteiger partial charge in [0.15, 0.2) is 0 Å². The number of nitrogens with two attached hydrogens (primary N) is 1. The van der Waals surface area contributed by atoms with Gasteiger partial charge in [-0.15, -0.1) is 0 Å². The molecular weight excluding hydrogens is 248 g/mol. The Morgan fingerprint density at radius 1 is 1.42 bits per heavy atom. The first kappa shape index (κ1) is 13.5. The molecule has 5 heteroatoms. The van der Waals surface area contributed by atoms with Crippen molar-refractivity contribution < 1.29 is 8.78 Å². The van der Waals surface area contributed by atoms with Crippen molar-refractivity contribution in [2.75, 3.05) is 5.73 Å². The number of allylic oxidation sites excluding steroid dienone is 1. The molecule has 1 fully saturated rings. The fraction of sp³-hybridized carbons (Fsp3) is 0.429. The van der Waals surface area contributed by atoms with Crippen LogP contribution in [0.1, 0.15) is 36.8 Å². The van der Waals surface area contributed by atoms with Crippen LogP contribution in [0.15, 0.2) is 18.3 Å². The molecule has 2 rings (SSSR count). The Morgan fingerprint density at radius 2 is 2.11 bits per heavy atom. The molecule has 0 atom stereocenters. The first-order valence-electron chi connectivity index (χ1n) is 6.22. The molecule has 1 saturated carbocycles. The highest BCUT2D eigenvalue weighted by atomic mass is 19.3. The van der Waals surface area contributed by atoms with E-state index in [-0.39, 0.29) is 18.8 Å². The Bertz CT molecular complexity index is 522. The van der Waals surface area contributed by atoms with E-state index in [9.17, 15) is 8.78 Å². The highest BCUT2D eigenvalue weighted by Gasteiger charge is 2.33. The largest absolute Gasteiger partial charge is 0.384 e. The molecule has 1 aliphatic rings. The van der Waals surface area contributed by atoms with Gasteiger partial charge in [-0.25, -0.2) is 13.8 Å². The van der Waals surface area contributed by atoms with Crippen molar-refractivity contribution in [3.05, 3.63) is 29.5 Å². The second-order valence-electron chi connectivity index (χ2n) is 4.86. The lowest BCUT2D eigenvalue weighted by molar-refractivity contribution is -0.0410. The normalized spacial score (nSPS) is 19.4. The predicted molar refractivity (Wildman–Crippen MR) is 69.3 cm³/mol. The summed E-state index contributed by atoms with van der Waals surface area (Å²) in [5.74, 6) is -2.03. The van der Waals surface area contributed by atoms with Gasteiger partial charge in [-0.2, -0.15) is 5.26 Å². The number of nitrogen functional groups attached to an aromatic ring is 1. The SMILES string of the molecule is N#Cc1cnc(N)cc1C=CC1CCC(F)(F)CC1. The highest BCUT2D eigenvalue weighted by molar-refractivity contribution is 5.60. The summed E-state index contributed by atoms with van der Waals surface area (Å²) in [5.41, 5.74) is 6.70. The van der Waals surface area contributed by atoms with Gasteiger partial charge in [-0.3, -0.25) is 0 Å². The molecule has 0 aromatic carbocycles. The van der Waals surface area contributed by atoms with E-state index in [1.165, 1.54) is 6.20 Å². The minimum atomic E-state index is -2.51. The first-order valence-corrected chi connectivity index (χ1v) is 6.22. The van der Waals surface area contributed by atoms with Gasteiger partial charge in [0.25, 0.3) is 0 Å². The lowest BCUT2D eigenvalue weighted by Gasteiger charge is -2.26. The third-order valence-corrected chi connectivity index (χ3v) is 3.39. The zero-order valence-electron chi connectivity index (χ0n) is 10.4. The monoisotopic (exact) mass is 263 g/mol. The van der Waals surface area contributed by atoms with Crippen molar-refractivity contribution in [1.29, 1.82) is 5.26 Å². The van der Waals surface area contributed by atoms with Crippen molar-refractivity contribution in [2.45, 2.75) is 31.6 Å². The van der Waals surface area contributed by atoms with Gasteiger partial charge in [0, 0.05) is 19.0 Å². The lowest BCUT2D eigenvalue weighted by atomic mass is 9.86. The van der Waals surface area contributed by atoms with Crippen LogP contribution < -0.4 is 5.73 Å². The van der Waals surface area contributed by atoms with Gasteiger partial charge in [-0.1, -0.05) is 12.2 Å². The quantitative estimate of drug-likeness (QED) is 0.889. The number of aromatic nitrogens is 1. The number of halogens is 2. The number of hydrogen-bond donors (Lipinski definition) is 1. The zero-order valence-corrected chi connectivity index (χ0v) is 10.4. The van der Waals surface area contributed by atoms with Crippen LogP contribution in [0, 0.1) is 17.2 Å². The Hall–Kier alpha value is -1.96. The highest BCUT2D eigenvalue weighted by Crippen LogP contribution is 2.36. The number of alkyl halides is 2. The smallest absolute Gasteiger partial charge is 0.248 e. The van der Waals surface area contributed by atoms with E-state index >= 15 is 0 Å². The summed E-state index contributed by atoms with van der Waals surface area (Å²) in [6.45, 7) is 0. The molecule has 0 radical (unpaired) electrons. The van der Waals surface area contributed by atoms with Gasteiger partial charge in [0.1, 0.15) is 11.9 Å². The van der Waals surface area contributed by atoms with E-state index in [4.69, 9.17) is 11.0 Å². The van der Waals surface area contributed by atoms with E-state index < -0.39 is 5.92 Å². The number of rotatable bonds is 2. The van der Waals surface area contributed by atoms with Crippen molar-refractivity contribution >= 4 is 11.9 Å². The number of nitriles is 1. The molecule has 0 bridgehead atoms. The van der Waals surface area contributed by atoms with Crippen molar-refractivity contribution in [1.82, 2.24) is 4.98 Å². The molecular formula is C14H15F2N3. The molecule has 19 heavy (non-hydrogen) atoms. The average molecular weight is 263 g/mol.